The number of carbonyl (C=O) groups excluding carboxylic acids is 1. The van der Waals surface area contributed by atoms with Crippen LogP contribution in [0.1, 0.15) is 35.6 Å². The quantitative estimate of drug-likeness (QED) is 0.889. The van der Waals surface area contributed by atoms with Crippen molar-refractivity contribution < 1.29 is 4.79 Å². The molecule has 2 N–H and O–H groups in total. The maximum Gasteiger partial charge on any atom is 0.272 e. The minimum atomic E-state index is -0.175. The molecule has 20 heavy (non-hydrogen) atoms. The maximum atomic E-state index is 12.0. The molecule has 0 saturated heterocycles. The van der Waals surface area contributed by atoms with Crippen molar-refractivity contribution in [1.29, 1.82) is 0 Å². The summed E-state index contributed by atoms with van der Waals surface area (Å²) in [7, 11) is 0. The van der Waals surface area contributed by atoms with Crippen molar-refractivity contribution in [2.45, 2.75) is 26.8 Å². The van der Waals surface area contributed by atoms with Crippen LogP contribution < -0.4 is 5.32 Å². The Morgan fingerprint density at radius 1 is 1.35 bits per heavy atom. The molecule has 0 atom stereocenters. The molecule has 4 nitrogen and oxygen atoms in total. The van der Waals surface area contributed by atoms with Crippen molar-refractivity contribution in [3.8, 4) is 0 Å². The van der Waals surface area contributed by atoms with Gasteiger partial charge in [-0.2, -0.15) is 5.10 Å². The zero-order valence-electron chi connectivity index (χ0n) is 11.6. The predicted octanol–water partition coefficient (Wildman–Crippen LogP) is 3.19. The molecular weight excluding hydrogens is 274 g/mol. The Balaban J connectivity index is 1.91. The molecule has 0 aliphatic rings. The Labute approximate surface area is 123 Å². The molecule has 0 unspecified atom stereocenters. The lowest BCUT2D eigenvalue weighted by Crippen LogP contribution is -2.23. The van der Waals surface area contributed by atoms with E-state index in [9.17, 15) is 4.79 Å². The minimum Gasteiger partial charge on any atom is -0.347 e. The molecule has 0 spiro atoms. The van der Waals surface area contributed by atoms with E-state index in [0.717, 1.165) is 17.7 Å². The molecule has 5 heteroatoms. The number of nitrogens with zero attached hydrogens (tertiary/aromatic N) is 1. The average molecular weight is 292 g/mol. The van der Waals surface area contributed by atoms with E-state index in [4.69, 9.17) is 11.6 Å². The number of hydrogen-bond acceptors (Lipinski definition) is 2. The Hall–Kier alpha value is -1.81. The standard InChI is InChI=1S/C15H18ClN3O/c1-10(2)7-13-8-14(19-18-13)15(20)17-9-11-3-5-12(16)6-4-11/h3-6,8,10H,7,9H2,1-2H3,(H,17,20)(H,18,19). The summed E-state index contributed by atoms with van der Waals surface area (Å²) in [5, 5.41) is 10.5. The van der Waals surface area contributed by atoms with Gasteiger partial charge in [0.1, 0.15) is 5.69 Å². The molecule has 106 valence electrons. The molecule has 0 saturated carbocycles. The van der Waals surface area contributed by atoms with Crippen LogP contribution in [0.25, 0.3) is 0 Å². The fraction of sp³-hybridized carbons (Fsp3) is 0.333. The second kappa shape index (κ2) is 6.57. The molecule has 1 heterocycles. The lowest BCUT2D eigenvalue weighted by Gasteiger charge is -2.03. The van der Waals surface area contributed by atoms with Gasteiger partial charge in [0.2, 0.25) is 0 Å². The maximum absolute atomic E-state index is 12.0. The van der Waals surface area contributed by atoms with E-state index in [1.165, 1.54) is 0 Å². The van der Waals surface area contributed by atoms with Gasteiger partial charge in [-0.3, -0.25) is 9.89 Å². The SMILES string of the molecule is CC(C)Cc1cc(C(=O)NCc2ccc(Cl)cc2)n[nH]1. The van der Waals surface area contributed by atoms with Crippen molar-refractivity contribution in [2.24, 2.45) is 5.92 Å². The van der Waals surface area contributed by atoms with Gasteiger partial charge in [0.25, 0.3) is 5.91 Å². The van der Waals surface area contributed by atoms with Crippen molar-refractivity contribution in [3.05, 3.63) is 52.3 Å². The Bertz CT molecular complexity index is 575. The van der Waals surface area contributed by atoms with Gasteiger partial charge in [-0.25, -0.2) is 0 Å². The third kappa shape index (κ3) is 4.10. The molecule has 2 rings (SSSR count). The summed E-state index contributed by atoms with van der Waals surface area (Å²) in [4.78, 5) is 12.0. The predicted molar refractivity (Wildman–Crippen MR) is 79.8 cm³/mol. The van der Waals surface area contributed by atoms with E-state index in [2.05, 4.69) is 29.4 Å². The third-order valence-electron chi connectivity index (χ3n) is 2.86. The summed E-state index contributed by atoms with van der Waals surface area (Å²) in [5.74, 6) is 0.353. The number of aromatic nitrogens is 2. The van der Waals surface area contributed by atoms with Crippen LogP contribution in [-0.2, 0) is 13.0 Å². The molecule has 0 radical (unpaired) electrons. The number of hydrogen-bond donors (Lipinski definition) is 2. The van der Waals surface area contributed by atoms with Crippen LogP contribution in [0.4, 0.5) is 0 Å². The lowest BCUT2D eigenvalue weighted by molar-refractivity contribution is 0.0946. The van der Waals surface area contributed by atoms with Crippen LogP contribution in [0.3, 0.4) is 0 Å². The van der Waals surface area contributed by atoms with Crippen molar-refractivity contribution in [1.82, 2.24) is 15.5 Å². The first-order chi connectivity index (χ1) is 9.54. The highest BCUT2D eigenvalue weighted by molar-refractivity contribution is 6.30. The summed E-state index contributed by atoms with van der Waals surface area (Å²) in [6.45, 7) is 4.71. The van der Waals surface area contributed by atoms with Gasteiger partial charge in [-0.1, -0.05) is 37.6 Å². The number of H-pyrrole nitrogens is 1. The smallest absolute Gasteiger partial charge is 0.272 e. The first-order valence-electron chi connectivity index (χ1n) is 6.61. The van der Waals surface area contributed by atoms with Gasteiger partial charge in [-0.15, -0.1) is 0 Å². The summed E-state index contributed by atoms with van der Waals surface area (Å²) < 4.78 is 0. The van der Waals surface area contributed by atoms with Crippen LogP contribution in [-0.4, -0.2) is 16.1 Å². The van der Waals surface area contributed by atoms with E-state index in [0.29, 0.717) is 23.2 Å². The highest BCUT2D eigenvalue weighted by Crippen LogP contribution is 2.10. The zero-order valence-corrected chi connectivity index (χ0v) is 12.4. The van der Waals surface area contributed by atoms with Gasteiger partial charge >= 0.3 is 0 Å². The van der Waals surface area contributed by atoms with Crippen molar-refractivity contribution in [3.63, 3.8) is 0 Å². The fourth-order valence-electron chi connectivity index (χ4n) is 1.90. The monoisotopic (exact) mass is 291 g/mol. The highest BCUT2D eigenvalue weighted by Gasteiger charge is 2.10. The number of aromatic amines is 1. The van der Waals surface area contributed by atoms with Gasteiger partial charge in [0, 0.05) is 17.3 Å². The van der Waals surface area contributed by atoms with E-state index >= 15 is 0 Å². The number of nitrogens with one attached hydrogen (secondary N) is 2. The number of rotatable bonds is 5. The molecular formula is C15H18ClN3O. The molecule has 0 fully saturated rings. The average Bonchev–Trinajstić information content (AvgIpc) is 2.85. The molecule has 1 amide bonds. The van der Waals surface area contributed by atoms with Crippen LogP contribution in [0.5, 0.6) is 0 Å². The lowest BCUT2D eigenvalue weighted by atomic mass is 10.1. The normalized spacial score (nSPS) is 10.8. The zero-order chi connectivity index (χ0) is 14.5. The summed E-state index contributed by atoms with van der Waals surface area (Å²) in [5.41, 5.74) is 2.41. The molecule has 0 aliphatic heterocycles. The second-order valence-corrected chi connectivity index (χ2v) is 5.62. The minimum absolute atomic E-state index is 0.175. The van der Waals surface area contributed by atoms with Gasteiger partial charge in [0.15, 0.2) is 0 Å². The van der Waals surface area contributed by atoms with E-state index < -0.39 is 0 Å². The molecule has 2 aromatic rings. The largest absolute Gasteiger partial charge is 0.347 e. The van der Waals surface area contributed by atoms with E-state index in [-0.39, 0.29) is 5.91 Å². The Morgan fingerprint density at radius 3 is 2.70 bits per heavy atom. The summed E-state index contributed by atoms with van der Waals surface area (Å²) in [6.07, 6.45) is 0.886. The second-order valence-electron chi connectivity index (χ2n) is 5.19. The van der Waals surface area contributed by atoms with Gasteiger partial charge < -0.3 is 5.32 Å². The Kier molecular flexibility index (Phi) is 4.79. The number of amides is 1. The van der Waals surface area contributed by atoms with E-state index in [1.807, 2.05) is 12.1 Å². The van der Waals surface area contributed by atoms with E-state index in [1.54, 1.807) is 18.2 Å². The molecule has 0 aliphatic carbocycles. The highest BCUT2D eigenvalue weighted by atomic mass is 35.5. The topological polar surface area (TPSA) is 57.8 Å². The summed E-state index contributed by atoms with van der Waals surface area (Å²) in [6, 6.07) is 9.18. The van der Waals surface area contributed by atoms with Crippen LogP contribution >= 0.6 is 11.6 Å². The number of halogens is 1. The van der Waals surface area contributed by atoms with Crippen molar-refractivity contribution in [2.75, 3.05) is 0 Å². The number of benzene rings is 1. The van der Waals surface area contributed by atoms with Crippen molar-refractivity contribution >= 4 is 17.5 Å². The molecule has 1 aromatic heterocycles. The van der Waals surface area contributed by atoms with Gasteiger partial charge in [-0.05, 0) is 36.1 Å². The molecule has 1 aromatic carbocycles. The van der Waals surface area contributed by atoms with Crippen LogP contribution in [0, 0.1) is 5.92 Å². The number of carbonyl (C=O) groups is 1. The fourth-order valence-corrected chi connectivity index (χ4v) is 2.02. The van der Waals surface area contributed by atoms with Crippen LogP contribution in [0.2, 0.25) is 5.02 Å². The first-order valence-corrected chi connectivity index (χ1v) is 6.99. The third-order valence-corrected chi connectivity index (χ3v) is 3.11. The van der Waals surface area contributed by atoms with Gasteiger partial charge in [0.05, 0.1) is 0 Å². The molecule has 0 bridgehead atoms. The summed E-state index contributed by atoms with van der Waals surface area (Å²) >= 11 is 5.81. The first kappa shape index (κ1) is 14.6. The Morgan fingerprint density at radius 2 is 2.05 bits per heavy atom. The van der Waals surface area contributed by atoms with Crippen LogP contribution in [0.15, 0.2) is 30.3 Å².